The average molecular weight is 259 g/mol. The molecule has 1 saturated heterocycles. The Labute approximate surface area is 114 Å². The fourth-order valence-corrected chi connectivity index (χ4v) is 2.74. The largest absolute Gasteiger partial charge is 0.330 e. The first-order chi connectivity index (χ1) is 9.03. The molecule has 102 valence electrons. The molecule has 4 heteroatoms. The van der Waals surface area contributed by atoms with Crippen LogP contribution < -0.4 is 16.0 Å². The van der Waals surface area contributed by atoms with Crippen LogP contribution >= 0.6 is 0 Å². The number of nitrogens with two attached hydrogens (primary N) is 1. The van der Waals surface area contributed by atoms with Gasteiger partial charge in [0.25, 0.3) is 0 Å². The van der Waals surface area contributed by atoms with E-state index in [4.69, 9.17) is 5.73 Å². The summed E-state index contributed by atoms with van der Waals surface area (Å²) in [6.07, 6.45) is 0.528. The van der Waals surface area contributed by atoms with Crippen LogP contribution in [0, 0.1) is 0 Å². The summed E-state index contributed by atoms with van der Waals surface area (Å²) in [5, 5.41) is 3.22. The summed E-state index contributed by atoms with van der Waals surface area (Å²) in [7, 11) is 0. The Morgan fingerprint density at radius 3 is 2.74 bits per heavy atom. The van der Waals surface area contributed by atoms with Gasteiger partial charge in [0, 0.05) is 30.7 Å². The van der Waals surface area contributed by atoms with Gasteiger partial charge in [-0.15, -0.1) is 0 Å². The van der Waals surface area contributed by atoms with E-state index >= 15 is 0 Å². The van der Waals surface area contributed by atoms with Crippen molar-refractivity contribution in [2.75, 3.05) is 24.5 Å². The molecule has 4 nitrogen and oxygen atoms in total. The highest BCUT2D eigenvalue weighted by Gasteiger charge is 2.36. The number of hydrogen-bond acceptors (Lipinski definition) is 3. The summed E-state index contributed by atoms with van der Waals surface area (Å²) in [4.78, 5) is 14.1. The van der Waals surface area contributed by atoms with Gasteiger partial charge in [-0.2, -0.15) is 0 Å². The summed E-state index contributed by atoms with van der Waals surface area (Å²) < 4.78 is 0. The number of fused-ring (bicyclic) bond motifs is 1. The molecule has 0 unspecified atom stereocenters. The molecule has 1 fully saturated rings. The topological polar surface area (TPSA) is 58.4 Å². The van der Waals surface area contributed by atoms with E-state index in [2.05, 4.69) is 37.4 Å². The van der Waals surface area contributed by atoms with Crippen molar-refractivity contribution in [1.82, 2.24) is 5.32 Å². The van der Waals surface area contributed by atoms with Crippen molar-refractivity contribution < 1.29 is 4.79 Å². The fourth-order valence-electron chi connectivity index (χ4n) is 2.74. The van der Waals surface area contributed by atoms with Crippen LogP contribution in [0.15, 0.2) is 18.2 Å². The zero-order chi connectivity index (χ0) is 13.6. The molecular formula is C15H21N3O. The molecule has 2 heterocycles. The van der Waals surface area contributed by atoms with Crippen LogP contribution in [0.5, 0.6) is 0 Å². The van der Waals surface area contributed by atoms with E-state index in [0.29, 0.717) is 19.0 Å². The number of nitrogens with one attached hydrogen (secondary N) is 1. The molecule has 3 N–H and O–H groups in total. The molecule has 1 aromatic rings. The minimum absolute atomic E-state index is 0.0382. The third kappa shape index (κ3) is 1.95. The Kier molecular flexibility index (Phi) is 2.87. The van der Waals surface area contributed by atoms with E-state index in [9.17, 15) is 4.79 Å². The molecule has 0 atom stereocenters. The van der Waals surface area contributed by atoms with E-state index in [1.165, 1.54) is 5.56 Å². The quantitative estimate of drug-likeness (QED) is 0.843. The number of amides is 1. The number of benzene rings is 1. The maximum Gasteiger partial charge on any atom is 0.231 e. The lowest BCUT2D eigenvalue weighted by Crippen LogP contribution is -2.58. The lowest BCUT2D eigenvalue weighted by Gasteiger charge is -2.36. The monoisotopic (exact) mass is 259 g/mol. The SMILES string of the molecule is CC(C)(CN)c1ccc2c(c1)CC(=O)N2C1CNC1. The molecule has 2 aliphatic heterocycles. The first kappa shape index (κ1) is 12.6. The van der Waals surface area contributed by atoms with E-state index in [-0.39, 0.29) is 11.3 Å². The predicted octanol–water partition coefficient (Wildman–Crippen LogP) is 0.784. The minimum Gasteiger partial charge on any atom is -0.330 e. The number of carbonyl (C=O) groups is 1. The second-order valence-electron chi connectivity index (χ2n) is 6.18. The lowest BCUT2D eigenvalue weighted by molar-refractivity contribution is -0.118. The molecule has 2 aliphatic rings. The van der Waals surface area contributed by atoms with Gasteiger partial charge in [-0.3, -0.25) is 4.79 Å². The van der Waals surface area contributed by atoms with Crippen molar-refractivity contribution in [3.63, 3.8) is 0 Å². The summed E-state index contributed by atoms with van der Waals surface area (Å²) in [6.45, 7) is 6.69. The van der Waals surface area contributed by atoms with Crippen molar-refractivity contribution in [2.45, 2.75) is 31.7 Å². The van der Waals surface area contributed by atoms with Crippen LogP contribution in [-0.4, -0.2) is 31.6 Å². The van der Waals surface area contributed by atoms with E-state index in [1.807, 2.05) is 4.90 Å². The standard InChI is InChI=1S/C15H21N3O/c1-15(2,9-16)11-3-4-13-10(5-11)6-14(19)18(13)12-7-17-8-12/h3-5,12,17H,6-9,16H2,1-2H3. The molecule has 3 rings (SSSR count). The van der Waals surface area contributed by atoms with E-state index in [0.717, 1.165) is 24.3 Å². The van der Waals surface area contributed by atoms with Gasteiger partial charge in [-0.25, -0.2) is 0 Å². The Morgan fingerprint density at radius 2 is 2.16 bits per heavy atom. The second kappa shape index (κ2) is 4.32. The highest BCUT2D eigenvalue weighted by atomic mass is 16.2. The van der Waals surface area contributed by atoms with Crippen LogP contribution in [0.4, 0.5) is 5.69 Å². The van der Waals surface area contributed by atoms with Gasteiger partial charge in [0.2, 0.25) is 5.91 Å². The molecule has 1 aromatic carbocycles. The van der Waals surface area contributed by atoms with Gasteiger partial charge in [0.15, 0.2) is 0 Å². The van der Waals surface area contributed by atoms with Crippen LogP contribution in [0.1, 0.15) is 25.0 Å². The van der Waals surface area contributed by atoms with Crippen molar-refractivity contribution in [1.29, 1.82) is 0 Å². The Morgan fingerprint density at radius 1 is 1.42 bits per heavy atom. The number of nitrogens with zero attached hydrogens (tertiary/aromatic N) is 1. The molecule has 0 saturated carbocycles. The maximum atomic E-state index is 12.2. The summed E-state index contributed by atoms with van der Waals surface area (Å²) >= 11 is 0. The Balaban J connectivity index is 1.95. The predicted molar refractivity (Wildman–Crippen MR) is 76.4 cm³/mol. The van der Waals surface area contributed by atoms with Gasteiger partial charge in [0.05, 0.1) is 12.5 Å². The lowest BCUT2D eigenvalue weighted by atomic mass is 9.84. The zero-order valence-corrected chi connectivity index (χ0v) is 11.6. The molecular weight excluding hydrogens is 238 g/mol. The number of carbonyl (C=O) groups excluding carboxylic acids is 1. The second-order valence-corrected chi connectivity index (χ2v) is 6.18. The summed E-state index contributed by atoms with van der Waals surface area (Å²) in [6, 6.07) is 6.70. The van der Waals surface area contributed by atoms with Crippen molar-refractivity contribution in [3.05, 3.63) is 29.3 Å². The number of anilines is 1. The van der Waals surface area contributed by atoms with Crippen LogP contribution in [0.3, 0.4) is 0 Å². The van der Waals surface area contributed by atoms with Crippen LogP contribution in [0.25, 0.3) is 0 Å². The van der Waals surface area contributed by atoms with E-state index in [1.54, 1.807) is 0 Å². The third-order valence-electron chi connectivity index (χ3n) is 4.37. The molecule has 19 heavy (non-hydrogen) atoms. The van der Waals surface area contributed by atoms with Gasteiger partial charge in [-0.05, 0) is 17.2 Å². The van der Waals surface area contributed by atoms with Gasteiger partial charge < -0.3 is 16.0 Å². The Hall–Kier alpha value is -1.39. The molecule has 0 bridgehead atoms. The molecule has 1 amide bonds. The summed E-state index contributed by atoms with van der Waals surface area (Å²) in [5.41, 5.74) is 9.25. The fraction of sp³-hybridized carbons (Fsp3) is 0.533. The van der Waals surface area contributed by atoms with Crippen molar-refractivity contribution >= 4 is 11.6 Å². The number of rotatable bonds is 3. The average Bonchev–Trinajstić information content (AvgIpc) is 2.64. The van der Waals surface area contributed by atoms with Crippen LogP contribution in [0.2, 0.25) is 0 Å². The Bertz CT molecular complexity index is 520. The van der Waals surface area contributed by atoms with Gasteiger partial charge in [-0.1, -0.05) is 26.0 Å². The first-order valence-corrected chi connectivity index (χ1v) is 6.89. The smallest absolute Gasteiger partial charge is 0.231 e. The summed E-state index contributed by atoms with van der Waals surface area (Å²) in [5.74, 6) is 0.226. The van der Waals surface area contributed by atoms with Crippen molar-refractivity contribution in [2.24, 2.45) is 5.73 Å². The highest BCUT2D eigenvalue weighted by Crippen LogP contribution is 2.35. The highest BCUT2D eigenvalue weighted by molar-refractivity contribution is 6.02. The third-order valence-corrected chi connectivity index (χ3v) is 4.37. The zero-order valence-electron chi connectivity index (χ0n) is 11.6. The van der Waals surface area contributed by atoms with Gasteiger partial charge >= 0.3 is 0 Å². The maximum absolute atomic E-state index is 12.2. The normalized spacial score (nSPS) is 19.5. The van der Waals surface area contributed by atoms with Crippen LogP contribution in [-0.2, 0) is 16.6 Å². The van der Waals surface area contributed by atoms with Crippen molar-refractivity contribution in [3.8, 4) is 0 Å². The molecule has 0 spiro atoms. The van der Waals surface area contributed by atoms with Gasteiger partial charge in [0.1, 0.15) is 0 Å². The molecule has 0 radical (unpaired) electrons. The molecule has 0 aromatic heterocycles. The first-order valence-electron chi connectivity index (χ1n) is 6.89. The number of hydrogen-bond donors (Lipinski definition) is 2. The van der Waals surface area contributed by atoms with E-state index < -0.39 is 0 Å². The molecule has 0 aliphatic carbocycles. The minimum atomic E-state index is -0.0382.